The first kappa shape index (κ1) is 23.9. The van der Waals surface area contributed by atoms with Gasteiger partial charge in [-0.25, -0.2) is 4.39 Å². The van der Waals surface area contributed by atoms with Crippen LogP contribution >= 0.6 is 23.4 Å². The molecule has 0 unspecified atom stereocenters. The average Bonchev–Trinajstić information content (AvgIpc) is 3.29. The van der Waals surface area contributed by atoms with E-state index in [1.165, 1.54) is 23.9 Å². The maximum atomic E-state index is 13.5. The molecule has 0 spiro atoms. The van der Waals surface area contributed by atoms with Gasteiger partial charge >= 0.3 is 0 Å². The third kappa shape index (κ3) is 4.81. The lowest BCUT2D eigenvalue weighted by atomic mass is 10.1. The van der Waals surface area contributed by atoms with Gasteiger partial charge in [-0.2, -0.15) is 5.26 Å². The molecule has 2 aromatic rings. The predicted molar refractivity (Wildman–Crippen MR) is 132 cm³/mol. The van der Waals surface area contributed by atoms with Crippen LogP contribution in [-0.4, -0.2) is 47.8 Å². The molecule has 34 heavy (non-hydrogen) atoms. The van der Waals surface area contributed by atoms with Gasteiger partial charge in [-0.05, 0) is 48.0 Å². The molecule has 0 aromatic heterocycles. The molecule has 2 aliphatic heterocycles. The Labute approximate surface area is 206 Å². The molecule has 1 saturated heterocycles. The van der Waals surface area contributed by atoms with Crippen molar-refractivity contribution in [3.63, 3.8) is 0 Å². The minimum absolute atomic E-state index is 0.00797. The summed E-state index contributed by atoms with van der Waals surface area (Å²) in [6.07, 6.45) is 0.421. The largest absolute Gasteiger partial charge is 0.339 e. The monoisotopic (exact) mass is 496 g/mol. The van der Waals surface area contributed by atoms with E-state index in [2.05, 4.69) is 6.07 Å². The van der Waals surface area contributed by atoms with Gasteiger partial charge in [0.2, 0.25) is 5.91 Å². The Hall–Kier alpha value is -3.28. The third-order valence-electron chi connectivity index (χ3n) is 5.69. The maximum absolute atomic E-state index is 13.5. The summed E-state index contributed by atoms with van der Waals surface area (Å²) >= 11 is 7.51. The highest BCUT2D eigenvalue weighted by molar-refractivity contribution is 8.06. The van der Waals surface area contributed by atoms with Crippen LogP contribution in [0, 0.1) is 17.1 Å². The fraction of sp³-hybridized carbons (Fsp3) is 0.240. The molecular formula is C25H22ClFN4O2S. The highest BCUT2D eigenvalue weighted by atomic mass is 35.5. The van der Waals surface area contributed by atoms with E-state index in [4.69, 9.17) is 11.6 Å². The van der Waals surface area contributed by atoms with E-state index < -0.39 is 0 Å². The fourth-order valence-electron chi connectivity index (χ4n) is 3.91. The van der Waals surface area contributed by atoms with Gasteiger partial charge in [-0.1, -0.05) is 36.4 Å². The van der Waals surface area contributed by atoms with Crippen molar-refractivity contribution in [3.05, 3.63) is 80.9 Å². The summed E-state index contributed by atoms with van der Waals surface area (Å²) in [5, 5.41) is 12.8. The van der Waals surface area contributed by atoms with E-state index in [0.29, 0.717) is 54.0 Å². The van der Waals surface area contributed by atoms with Crippen molar-refractivity contribution in [1.29, 1.82) is 5.26 Å². The summed E-state index contributed by atoms with van der Waals surface area (Å²) in [6.45, 7) is 3.42. The number of nitrogens with zero attached hydrogens (tertiary/aromatic N) is 4. The second-order valence-electron chi connectivity index (χ2n) is 7.76. The summed E-state index contributed by atoms with van der Waals surface area (Å²) < 4.78 is 13.5. The van der Waals surface area contributed by atoms with Crippen LogP contribution in [-0.2, 0) is 9.59 Å². The highest BCUT2D eigenvalue weighted by Crippen LogP contribution is 2.45. The molecule has 6 nitrogen and oxygen atoms in total. The highest BCUT2D eigenvalue weighted by Gasteiger charge is 2.33. The first-order valence-corrected chi connectivity index (χ1v) is 12.1. The lowest BCUT2D eigenvalue weighted by molar-refractivity contribution is -0.137. The van der Waals surface area contributed by atoms with Crippen molar-refractivity contribution >= 4 is 46.6 Å². The van der Waals surface area contributed by atoms with Crippen LogP contribution in [0.5, 0.6) is 0 Å². The Morgan fingerprint density at radius 3 is 2.38 bits per heavy atom. The minimum Gasteiger partial charge on any atom is -0.339 e. The first-order valence-electron chi connectivity index (χ1n) is 10.8. The van der Waals surface area contributed by atoms with Crippen LogP contribution in [0.4, 0.5) is 10.1 Å². The number of amides is 2. The van der Waals surface area contributed by atoms with Crippen LogP contribution in [0.1, 0.15) is 18.9 Å². The van der Waals surface area contributed by atoms with Crippen molar-refractivity contribution in [1.82, 2.24) is 9.80 Å². The van der Waals surface area contributed by atoms with Gasteiger partial charge < -0.3 is 14.7 Å². The summed E-state index contributed by atoms with van der Waals surface area (Å²) in [4.78, 5) is 30.5. The number of anilines is 1. The van der Waals surface area contributed by atoms with Crippen molar-refractivity contribution < 1.29 is 14.0 Å². The number of hydrogen-bond donors (Lipinski definition) is 0. The Bertz CT molecular complexity index is 1210. The molecule has 0 aliphatic carbocycles. The van der Waals surface area contributed by atoms with E-state index in [9.17, 15) is 19.2 Å². The zero-order valence-corrected chi connectivity index (χ0v) is 20.1. The molecule has 0 radical (unpaired) electrons. The van der Waals surface area contributed by atoms with Crippen molar-refractivity contribution in [2.45, 2.75) is 13.3 Å². The number of piperazine rings is 1. The Balaban J connectivity index is 1.69. The number of nitriles is 1. The molecule has 9 heteroatoms. The lowest BCUT2D eigenvalue weighted by Gasteiger charge is -2.35. The first-order chi connectivity index (χ1) is 16.4. The van der Waals surface area contributed by atoms with Crippen LogP contribution in [0.15, 0.2) is 64.5 Å². The minimum atomic E-state index is -0.380. The predicted octanol–water partition coefficient (Wildman–Crippen LogP) is 4.85. The van der Waals surface area contributed by atoms with E-state index in [0.717, 1.165) is 5.56 Å². The standard InChI is InChI=1S/C25H22ClFN4O2S/c1-2-23(32)29-10-12-30(13-11-29)24(33)21(15-28)25-31(20-5-3-4-18(26)14-20)22(16-34-25)17-6-8-19(27)9-7-17/h3-9,14,16H,2,10-13H2,1H3/b25-21-. The van der Waals surface area contributed by atoms with Gasteiger partial charge in [0.15, 0.2) is 0 Å². The summed E-state index contributed by atoms with van der Waals surface area (Å²) in [7, 11) is 0. The van der Waals surface area contributed by atoms with Crippen molar-refractivity contribution in [3.8, 4) is 6.07 Å². The van der Waals surface area contributed by atoms with Gasteiger partial charge in [0, 0.05) is 48.7 Å². The van der Waals surface area contributed by atoms with E-state index >= 15 is 0 Å². The zero-order chi connectivity index (χ0) is 24.2. The van der Waals surface area contributed by atoms with Gasteiger partial charge in [-0.3, -0.25) is 9.59 Å². The summed E-state index contributed by atoms with van der Waals surface area (Å²) in [5.41, 5.74) is 2.14. The van der Waals surface area contributed by atoms with Gasteiger partial charge in [0.25, 0.3) is 5.91 Å². The number of rotatable bonds is 4. The topological polar surface area (TPSA) is 67.6 Å². The molecule has 0 N–H and O–H groups in total. The van der Waals surface area contributed by atoms with Crippen molar-refractivity contribution in [2.75, 3.05) is 31.1 Å². The molecule has 2 amide bonds. The quantitative estimate of drug-likeness (QED) is 0.447. The number of carbonyl (C=O) groups is 2. The van der Waals surface area contributed by atoms with Crippen molar-refractivity contribution in [2.24, 2.45) is 0 Å². The van der Waals surface area contributed by atoms with E-state index in [1.54, 1.807) is 45.0 Å². The molecule has 0 bridgehead atoms. The molecular weight excluding hydrogens is 475 g/mol. The van der Waals surface area contributed by atoms with Gasteiger partial charge in [0.1, 0.15) is 22.5 Å². The molecule has 2 aromatic carbocycles. The Morgan fingerprint density at radius 2 is 1.76 bits per heavy atom. The molecule has 2 heterocycles. The maximum Gasteiger partial charge on any atom is 0.267 e. The van der Waals surface area contributed by atoms with Gasteiger partial charge in [-0.15, -0.1) is 0 Å². The second kappa shape index (κ2) is 10.3. The number of halogens is 2. The molecule has 0 atom stereocenters. The van der Waals surface area contributed by atoms with Gasteiger partial charge in [0.05, 0.1) is 5.70 Å². The molecule has 4 rings (SSSR count). The van der Waals surface area contributed by atoms with Crippen LogP contribution in [0.25, 0.3) is 5.70 Å². The zero-order valence-electron chi connectivity index (χ0n) is 18.5. The SMILES string of the molecule is CCC(=O)N1CCN(C(=O)/C(C#N)=C2\SC=C(c3ccc(F)cc3)N2c2cccc(Cl)c2)CC1. The summed E-state index contributed by atoms with van der Waals surface area (Å²) in [5.74, 6) is -0.680. The van der Waals surface area contributed by atoms with Crippen LogP contribution in [0.3, 0.4) is 0 Å². The number of benzene rings is 2. The molecule has 174 valence electrons. The van der Waals surface area contributed by atoms with Crippen LogP contribution < -0.4 is 4.90 Å². The number of thioether (sulfide) groups is 1. The Morgan fingerprint density at radius 1 is 1.09 bits per heavy atom. The van der Waals surface area contributed by atoms with E-state index in [-0.39, 0.29) is 23.2 Å². The Kier molecular flexibility index (Phi) is 7.25. The van der Waals surface area contributed by atoms with Crippen LogP contribution in [0.2, 0.25) is 5.02 Å². The summed E-state index contributed by atoms with van der Waals surface area (Å²) in [6, 6.07) is 15.3. The third-order valence-corrected chi connectivity index (χ3v) is 6.88. The molecule has 1 fully saturated rings. The molecule has 2 aliphatic rings. The lowest BCUT2D eigenvalue weighted by Crippen LogP contribution is -2.51. The normalized spacial score (nSPS) is 17.4. The molecule has 0 saturated carbocycles. The number of hydrogen-bond acceptors (Lipinski definition) is 5. The number of carbonyl (C=O) groups excluding carboxylic acids is 2. The smallest absolute Gasteiger partial charge is 0.267 e. The second-order valence-corrected chi connectivity index (χ2v) is 9.06. The fourth-order valence-corrected chi connectivity index (χ4v) is 5.12. The average molecular weight is 497 g/mol. The van der Waals surface area contributed by atoms with E-state index in [1.807, 2.05) is 18.4 Å².